The number of hydrogen-bond acceptors (Lipinski definition) is 3. The molecule has 0 atom stereocenters. The molecule has 2 heterocycles. The molecule has 116 valence electrons. The van der Waals surface area contributed by atoms with E-state index in [4.69, 9.17) is 13.6 Å². The average Bonchev–Trinajstić information content (AvgIpc) is 3.23. The van der Waals surface area contributed by atoms with Crippen LogP contribution in [0.4, 0.5) is 0 Å². The van der Waals surface area contributed by atoms with Crippen molar-refractivity contribution in [1.82, 2.24) is 0 Å². The zero-order valence-electron chi connectivity index (χ0n) is 13.5. The smallest absolute Gasteiger partial charge is 0.135 e. The van der Waals surface area contributed by atoms with Crippen LogP contribution in [0.5, 0.6) is 0 Å². The average molecular weight is 290 g/mol. The van der Waals surface area contributed by atoms with Crippen LogP contribution >= 0.6 is 0 Å². The normalized spacial score (nSPS) is 12.8. The highest BCUT2D eigenvalue weighted by molar-refractivity contribution is 5.14. The topological polar surface area (TPSA) is 35.5 Å². The Morgan fingerprint density at radius 3 is 1.38 bits per heavy atom. The summed E-state index contributed by atoms with van der Waals surface area (Å²) in [7, 11) is 0. The van der Waals surface area contributed by atoms with Gasteiger partial charge in [0.2, 0.25) is 0 Å². The fraction of sp³-hybridized carbons (Fsp3) is 0.556. The summed E-state index contributed by atoms with van der Waals surface area (Å²) in [5, 5.41) is 0. The Morgan fingerprint density at radius 1 is 0.762 bits per heavy atom. The van der Waals surface area contributed by atoms with Gasteiger partial charge in [-0.1, -0.05) is 27.7 Å². The molecule has 2 rings (SSSR count). The molecule has 0 amide bonds. The highest BCUT2D eigenvalue weighted by atomic mass is 16.5. The minimum Gasteiger partial charge on any atom is -0.466 e. The molecular weight excluding hydrogens is 264 g/mol. The second-order valence-electron chi connectivity index (χ2n) is 5.46. The van der Waals surface area contributed by atoms with Crippen molar-refractivity contribution in [3.63, 3.8) is 0 Å². The van der Waals surface area contributed by atoms with Crippen LogP contribution in [0, 0.1) is 0 Å². The lowest BCUT2D eigenvalue weighted by atomic mass is 9.88. The zero-order chi connectivity index (χ0) is 15.3. The van der Waals surface area contributed by atoms with Gasteiger partial charge in [-0.3, -0.25) is 0 Å². The van der Waals surface area contributed by atoms with Crippen LogP contribution in [0.1, 0.15) is 64.9 Å². The summed E-state index contributed by atoms with van der Waals surface area (Å²) in [5.41, 5.74) is -0.829. The molecule has 0 aliphatic carbocycles. The van der Waals surface area contributed by atoms with Crippen molar-refractivity contribution in [3.05, 3.63) is 48.3 Å². The van der Waals surface area contributed by atoms with Gasteiger partial charge in [0.05, 0.1) is 12.5 Å². The number of furan rings is 2. The van der Waals surface area contributed by atoms with Crippen molar-refractivity contribution in [2.45, 2.75) is 64.6 Å². The molecule has 0 aromatic carbocycles. The molecule has 0 unspecified atom stereocenters. The molecule has 0 aliphatic rings. The molecule has 2 aromatic heterocycles. The van der Waals surface area contributed by atoms with Crippen molar-refractivity contribution in [3.8, 4) is 0 Å². The second kappa shape index (κ2) is 6.52. The predicted molar refractivity (Wildman–Crippen MR) is 83.0 cm³/mol. The van der Waals surface area contributed by atoms with Crippen LogP contribution in [0.2, 0.25) is 0 Å². The van der Waals surface area contributed by atoms with Crippen molar-refractivity contribution >= 4 is 0 Å². The van der Waals surface area contributed by atoms with Crippen LogP contribution in [0.25, 0.3) is 0 Å². The van der Waals surface area contributed by atoms with Crippen LogP contribution in [-0.2, 0) is 15.9 Å². The molecule has 0 bridgehead atoms. The fourth-order valence-corrected chi connectivity index (χ4v) is 3.04. The maximum Gasteiger partial charge on any atom is 0.135 e. The van der Waals surface area contributed by atoms with Gasteiger partial charge in [-0.2, -0.15) is 0 Å². The summed E-state index contributed by atoms with van der Waals surface area (Å²) in [5.74, 6) is 1.79. The first-order valence-electron chi connectivity index (χ1n) is 7.94. The third-order valence-electron chi connectivity index (χ3n) is 4.62. The Morgan fingerprint density at radius 2 is 1.14 bits per heavy atom. The zero-order valence-corrected chi connectivity index (χ0v) is 13.5. The van der Waals surface area contributed by atoms with E-state index in [-0.39, 0.29) is 0 Å². The number of rotatable bonds is 8. The first-order valence-corrected chi connectivity index (χ1v) is 7.94. The summed E-state index contributed by atoms with van der Waals surface area (Å²) in [4.78, 5) is 0. The SMILES string of the molecule is CCC(CC)(OC(CC)(CC)c1ccco1)c1ccco1. The lowest BCUT2D eigenvalue weighted by molar-refractivity contribution is -0.192. The Hall–Kier alpha value is -1.48. The van der Waals surface area contributed by atoms with E-state index in [9.17, 15) is 0 Å². The van der Waals surface area contributed by atoms with E-state index in [1.165, 1.54) is 0 Å². The molecule has 3 nitrogen and oxygen atoms in total. The number of hydrogen-bond donors (Lipinski definition) is 0. The van der Waals surface area contributed by atoms with E-state index in [0.717, 1.165) is 37.2 Å². The Labute approximate surface area is 127 Å². The molecule has 2 aromatic rings. The highest BCUT2D eigenvalue weighted by Gasteiger charge is 2.43. The van der Waals surface area contributed by atoms with Gasteiger partial charge in [-0.15, -0.1) is 0 Å². The van der Waals surface area contributed by atoms with Gasteiger partial charge < -0.3 is 13.6 Å². The van der Waals surface area contributed by atoms with Gasteiger partial charge in [0, 0.05) is 0 Å². The third kappa shape index (κ3) is 2.80. The molecular formula is C18H26O3. The molecule has 21 heavy (non-hydrogen) atoms. The molecule has 0 N–H and O–H groups in total. The van der Waals surface area contributed by atoms with Gasteiger partial charge in [0.1, 0.15) is 22.7 Å². The van der Waals surface area contributed by atoms with E-state index in [1.54, 1.807) is 12.5 Å². The summed E-state index contributed by atoms with van der Waals surface area (Å²) in [6.45, 7) is 8.57. The van der Waals surface area contributed by atoms with Crippen LogP contribution in [-0.4, -0.2) is 0 Å². The monoisotopic (exact) mass is 290 g/mol. The maximum absolute atomic E-state index is 6.72. The predicted octanol–water partition coefficient (Wildman–Crippen LogP) is 5.62. The molecule has 0 radical (unpaired) electrons. The molecule has 0 spiro atoms. The van der Waals surface area contributed by atoms with Crippen LogP contribution in [0.3, 0.4) is 0 Å². The second-order valence-corrected chi connectivity index (χ2v) is 5.46. The third-order valence-corrected chi connectivity index (χ3v) is 4.62. The molecule has 0 saturated heterocycles. The van der Waals surface area contributed by atoms with E-state index >= 15 is 0 Å². The molecule has 0 aliphatic heterocycles. The minimum atomic E-state index is -0.414. The van der Waals surface area contributed by atoms with Gasteiger partial charge in [0.25, 0.3) is 0 Å². The van der Waals surface area contributed by atoms with Crippen molar-refractivity contribution in [2.24, 2.45) is 0 Å². The van der Waals surface area contributed by atoms with E-state index in [2.05, 4.69) is 27.7 Å². The van der Waals surface area contributed by atoms with Gasteiger partial charge in [0.15, 0.2) is 0 Å². The van der Waals surface area contributed by atoms with Gasteiger partial charge in [-0.05, 0) is 49.9 Å². The highest BCUT2D eigenvalue weighted by Crippen LogP contribution is 2.44. The summed E-state index contributed by atoms with van der Waals surface area (Å²) in [6, 6.07) is 7.85. The van der Waals surface area contributed by atoms with Crippen molar-refractivity contribution in [1.29, 1.82) is 0 Å². The lowest BCUT2D eigenvalue weighted by Gasteiger charge is -2.41. The molecule has 0 saturated carbocycles. The van der Waals surface area contributed by atoms with E-state index < -0.39 is 11.2 Å². The fourth-order valence-electron chi connectivity index (χ4n) is 3.04. The number of ether oxygens (including phenoxy) is 1. The van der Waals surface area contributed by atoms with E-state index in [0.29, 0.717) is 0 Å². The van der Waals surface area contributed by atoms with Crippen LogP contribution in [0.15, 0.2) is 45.6 Å². The summed E-state index contributed by atoms with van der Waals surface area (Å²) < 4.78 is 18.1. The summed E-state index contributed by atoms with van der Waals surface area (Å²) in [6.07, 6.45) is 6.87. The van der Waals surface area contributed by atoms with Crippen molar-refractivity contribution in [2.75, 3.05) is 0 Å². The van der Waals surface area contributed by atoms with Crippen molar-refractivity contribution < 1.29 is 13.6 Å². The minimum absolute atomic E-state index is 0.414. The lowest BCUT2D eigenvalue weighted by Crippen LogP contribution is -2.39. The summed E-state index contributed by atoms with van der Waals surface area (Å²) >= 11 is 0. The molecule has 3 heteroatoms. The van der Waals surface area contributed by atoms with Gasteiger partial charge in [-0.25, -0.2) is 0 Å². The maximum atomic E-state index is 6.72. The molecule has 0 fully saturated rings. The Bertz CT molecular complexity index is 454. The Balaban J connectivity index is 2.42. The Kier molecular flexibility index (Phi) is 4.94. The first-order chi connectivity index (χ1) is 10.2. The van der Waals surface area contributed by atoms with Gasteiger partial charge >= 0.3 is 0 Å². The standard InChI is InChI=1S/C18H26O3/c1-5-17(6-2,15-11-9-13-19-15)21-18(7-3,8-4)16-12-10-14-20-16/h9-14H,5-8H2,1-4H3. The quantitative estimate of drug-likeness (QED) is 0.633. The largest absolute Gasteiger partial charge is 0.466 e. The van der Waals surface area contributed by atoms with E-state index in [1.807, 2.05) is 24.3 Å². The first kappa shape index (κ1) is 15.9. The van der Waals surface area contributed by atoms with Crippen LogP contribution < -0.4 is 0 Å².